The van der Waals surface area contributed by atoms with E-state index in [0.29, 0.717) is 16.9 Å². The summed E-state index contributed by atoms with van der Waals surface area (Å²) < 4.78 is 16.6. The summed E-state index contributed by atoms with van der Waals surface area (Å²) in [6, 6.07) is 21.0. The Morgan fingerprint density at radius 3 is 2.10 bits per heavy atom. The van der Waals surface area contributed by atoms with Gasteiger partial charge in [-0.15, -0.1) is 0 Å². The Bertz CT molecular complexity index is 1200. The molecule has 0 aliphatic heterocycles. The zero-order valence-corrected chi connectivity index (χ0v) is 16.5. The molecular weight excluding hydrogens is 378 g/mol. The van der Waals surface area contributed by atoms with Crippen molar-refractivity contribution in [3.05, 3.63) is 78.1 Å². The summed E-state index contributed by atoms with van der Waals surface area (Å²) in [4.78, 5) is 7.48. The SMILES string of the molecule is COc1ccc(-c2oc(/N=C/c3ccc[nH]3)c(C#N)c2-c2ccc(OC)cc2)cc1. The summed E-state index contributed by atoms with van der Waals surface area (Å²) in [6.45, 7) is 0. The first-order valence-corrected chi connectivity index (χ1v) is 9.26. The van der Waals surface area contributed by atoms with E-state index in [-0.39, 0.29) is 5.88 Å². The highest BCUT2D eigenvalue weighted by Gasteiger charge is 2.23. The van der Waals surface area contributed by atoms with E-state index in [4.69, 9.17) is 13.9 Å². The lowest BCUT2D eigenvalue weighted by Crippen LogP contribution is -1.87. The third kappa shape index (κ3) is 3.69. The number of nitrogens with one attached hydrogen (secondary N) is 1. The van der Waals surface area contributed by atoms with E-state index in [2.05, 4.69) is 16.0 Å². The van der Waals surface area contributed by atoms with Gasteiger partial charge in [0.25, 0.3) is 0 Å². The zero-order valence-electron chi connectivity index (χ0n) is 16.5. The van der Waals surface area contributed by atoms with Crippen LogP contribution in [-0.4, -0.2) is 25.4 Å². The van der Waals surface area contributed by atoms with Gasteiger partial charge < -0.3 is 18.9 Å². The topological polar surface area (TPSA) is 83.5 Å². The molecule has 0 amide bonds. The van der Waals surface area contributed by atoms with Gasteiger partial charge in [-0.1, -0.05) is 12.1 Å². The van der Waals surface area contributed by atoms with Crippen LogP contribution in [0.2, 0.25) is 0 Å². The number of aromatic amines is 1. The summed E-state index contributed by atoms with van der Waals surface area (Å²) in [5.41, 5.74) is 3.52. The van der Waals surface area contributed by atoms with Gasteiger partial charge in [-0.2, -0.15) is 5.26 Å². The van der Waals surface area contributed by atoms with Crippen molar-refractivity contribution >= 4 is 12.1 Å². The van der Waals surface area contributed by atoms with Crippen LogP contribution in [0.5, 0.6) is 11.5 Å². The van der Waals surface area contributed by atoms with Crippen molar-refractivity contribution in [1.82, 2.24) is 4.98 Å². The Balaban J connectivity index is 1.88. The van der Waals surface area contributed by atoms with Gasteiger partial charge in [-0.3, -0.25) is 0 Å². The second-order valence-electron chi connectivity index (χ2n) is 6.44. The predicted octanol–water partition coefficient (Wildman–Crippen LogP) is 5.58. The lowest BCUT2D eigenvalue weighted by Gasteiger charge is -2.06. The molecule has 0 saturated carbocycles. The van der Waals surface area contributed by atoms with Crippen LogP contribution in [0, 0.1) is 11.3 Å². The van der Waals surface area contributed by atoms with Crippen LogP contribution >= 0.6 is 0 Å². The van der Waals surface area contributed by atoms with Crippen molar-refractivity contribution in [3.63, 3.8) is 0 Å². The second kappa shape index (κ2) is 8.41. The number of H-pyrrole nitrogens is 1. The van der Waals surface area contributed by atoms with Crippen LogP contribution in [0.15, 0.2) is 76.3 Å². The van der Waals surface area contributed by atoms with E-state index in [9.17, 15) is 5.26 Å². The maximum atomic E-state index is 9.92. The molecule has 0 saturated heterocycles. The number of nitriles is 1. The van der Waals surface area contributed by atoms with Crippen LogP contribution in [-0.2, 0) is 0 Å². The second-order valence-corrected chi connectivity index (χ2v) is 6.44. The molecule has 0 atom stereocenters. The number of hydrogen-bond donors (Lipinski definition) is 1. The lowest BCUT2D eigenvalue weighted by atomic mass is 9.98. The highest BCUT2D eigenvalue weighted by molar-refractivity contribution is 5.89. The Morgan fingerprint density at radius 1 is 0.933 bits per heavy atom. The molecule has 0 radical (unpaired) electrons. The summed E-state index contributed by atoms with van der Waals surface area (Å²) >= 11 is 0. The minimum absolute atomic E-state index is 0.253. The molecule has 6 nitrogen and oxygen atoms in total. The van der Waals surface area contributed by atoms with E-state index >= 15 is 0 Å². The fraction of sp³-hybridized carbons (Fsp3) is 0.0833. The molecule has 4 rings (SSSR count). The van der Waals surface area contributed by atoms with Crippen molar-refractivity contribution in [1.29, 1.82) is 5.26 Å². The van der Waals surface area contributed by atoms with Crippen LogP contribution in [0.4, 0.5) is 5.88 Å². The molecule has 30 heavy (non-hydrogen) atoms. The molecule has 0 spiro atoms. The van der Waals surface area contributed by atoms with Gasteiger partial charge in [0.15, 0.2) is 0 Å². The highest BCUT2D eigenvalue weighted by atomic mass is 16.5. The molecule has 0 aliphatic carbocycles. The number of aromatic nitrogens is 1. The minimum atomic E-state index is 0.253. The van der Waals surface area contributed by atoms with Gasteiger partial charge >= 0.3 is 0 Å². The largest absolute Gasteiger partial charge is 0.497 e. The molecule has 4 aromatic rings. The molecule has 0 fully saturated rings. The third-order valence-corrected chi connectivity index (χ3v) is 4.68. The van der Waals surface area contributed by atoms with E-state index < -0.39 is 0 Å². The van der Waals surface area contributed by atoms with Crippen molar-refractivity contribution < 1.29 is 13.9 Å². The zero-order chi connectivity index (χ0) is 20.9. The average molecular weight is 397 g/mol. The van der Waals surface area contributed by atoms with Gasteiger partial charge in [0.2, 0.25) is 5.88 Å². The molecule has 0 bridgehead atoms. The number of benzene rings is 2. The molecule has 0 unspecified atom stereocenters. The molecule has 2 heterocycles. The van der Waals surface area contributed by atoms with Gasteiger partial charge in [-0.25, -0.2) is 4.99 Å². The maximum Gasteiger partial charge on any atom is 0.238 e. The molecule has 2 aromatic carbocycles. The fourth-order valence-electron chi connectivity index (χ4n) is 3.15. The molecule has 1 N–H and O–H groups in total. The number of nitrogens with zero attached hydrogens (tertiary/aromatic N) is 2. The monoisotopic (exact) mass is 397 g/mol. The average Bonchev–Trinajstić information content (AvgIpc) is 3.45. The summed E-state index contributed by atoms with van der Waals surface area (Å²) in [7, 11) is 3.23. The van der Waals surface area contributed by atoms with E-state index in [1.807, 2.05) is 60.7 Å². The Labute approximate surface area is 174 Å². The molecular formula is C24H19N3O3. The Kier molecular flexibility index (Phi) is 5.35. The molecule has 148 valence electrons. The van der Waals surface area contributed by atoms with Crippen molar-refractivity contribution in [3.8, 4) is 40.0 Å². The number of methoxy groups -OCH3 is 2. The fourth-order valence-corrected chi connectivity index (χ4v) is 3.15. The summed E-state index contributed by atoms with van der Waals surface area (Å²) in [5, 5.41) is 9.92. The predicted molar refractivity (Wildman–Crippen MR) is 115 cm³/mol. The van der Waals surface area contributed by atoms with Gasteiger partial charge in [-0.05, 0) is 54.1 Å². The number of ether oxygens (including phenoxy) is 2. The van der Waals surface area contributed by atoms with Crippen LogP contribution < -0.4 is 9.47 Å². The standard InChI is InChI=1S/C24H19N3O3/c1-28-19-9-5-16(6-10-19)22-21(14-25)24(27-15-18-4-3-13-26-18)30-23(22)17-7-11-20(29-2)12-8-17/h3-13,15,26H,1-2H3/b27-15+. The highest BCUT2D eigenvalue weighted by Crippen LogP contribution is 2.43. The number of aliphatic imine (C=N–C) groups is 1. The molecule has 2 aromatic heterocycles. The van der Waals surface area contributed by atoms with E-state index in [1.54, 1.807) is 26.6 Å². The number of furan rings is 1. The van der Waals surface area contributed by atoms with Crippen molar-refractivity contribution in [2.24, 2.45) is 4.99 Å². The minimum Gasteiger partial charge on any atom is -0.497 e. The first-order valence-electron chi connectivity index (χ1n) is 9.26. The van der Waals surface area contributed by atoms with Crippen molar-refractivity contribution in [2.45, 2.75) is 0 Å². The normalized spacial score (nSPS) is 10.8. The van der Waals surface area contributed by atoms with E-state index in [0.717, 1.165) is 28.3 Å². The lowest BCUT2D eigenvalue weighted by molar-refractivity contribution is 0.414. The molecule has 6 heteroatoms. The third-order valence-electron chi connectivity index (χ3n) is 4.68. The van der Waals surface area contributed by atoms with Gasteiger partial charge in [0.05, 0.1) is 26.1 Å². The molecule has 0 aliphatic rings. The van der Waals surface area contributed by atoms with E-state index in [1.165, 1.54) is 0 Å². The quantitative estimate of drug-likeness (QED) is 0.430. The van der Waals surface area contributed by atoms with Crippen LogP contribution in [0.25, 0.3) is 22.5 Å². The maximum absolute atomic E-state index is 9.92. The number of rotatable bonds is 6. The number of hydrogen-bond acceptors (Lipinski definition) is 5. The van der Waals surface area contributed by atoms with Crippen molar-refractivity contribution in [2.75, 3.05) is 14.2 Å². The van der Waals surface area contributed by atoms with Crippen LogP contribution in [0.1, 0.15) is 11.3 Å². The first kappa shape index (κ1) is 19.1. The van der Waals surface area contributed by atoms with Gasteiger partial charge in [0.1, 0.15) is 28.9 Å². The summed E-state index contributed by atoms with van der Waals surface area (Å²) in [6.07, 6.45) is 3.44. The van der Waals surface area contributed by atoms with Crippen LogP contribution in [0.3, 0.4) is 0 Å². The Hall–Kier alpha value is -4.24. The van der Waals surface area contributed by atoms with Gasteiger partial charge in [0, 0.05) is 17.3 Å². The smallest absolute Gasteiger partial charge is 0.238 e. The summed E-state index contributed by atoms with van der Waals surface area (Å²) in [5.74, 6) is 2.29. The Morgan fingerprint density at radius 2 is 1.57 bits per heavy atom. The first-order chi connectivity index (χ1) is 14.7.